The van der Waals surface area contributed by atoms with Gasteiger partial charge in [-0.1, -0.05) is 29.8 Å². The predicted molar refractivity (Wildman–Crippen MR) is 73.1 cm³/mol. The van der Waals surface area contributed by atoms with Gasteiger partial charge in [-0.05, 0) is 43.2 Å². The fourth-order valence-electron chi connectivity index (χ4n) is 2.09. The van der Waals surface area contributed by atoms with E-state index in [9.17, 15) is 8.78 Å². The van der Waals surface area contributed by atoms with Gasteiger partial charge in [-0.25, -0.2) is 8.78 Å². The maximum absolute atomic E-state index is 13.8. The summed E-state index contributed by atoms with van der Waals surface area (Å²) in [4.78, 5) is 0. The predicted octanol–water partition coefficient (Wildman–Crippen LogP) is 4.03. The summed E-state index contributed by atoms with van der Waals surface area (Å²) >= 11 is 6.01. The van der Waals surface area contributed by atoms with E-state index in [4.69, 9.17) is 17.3 Å². The lowest BCUT2D eigenvalue weighted by Crippen LogP contribution is -2.36. The zero-order chi connectivity index (χ0) is 14.0. The highest BCUT2D eigenvalue weighted by molar-refractivity contribution is 6.31. The molecule has 2 N–H and O–H groups in total. The van der Waals surface area contributed by atoms with Gasteiger partial charge in [0.05, 0.1) is 0 Å². The Morgan fingerprint density at radius 1 is 1.16 bits per heavy atom. The number of hydrogen-bond acceptors (Lipinski definition) is 1. The van der Waals surface area contributed by atoms with E-state index in [0.29, 0.717) is 16.1 Å². The first-order chi connectivity index (χ1) is 8.90. The Hall–Kier alpha value is -1.45. The van der Waals surface area contributed by atoms with Gasteiger partial charge < -0.3 is 5.73 Å². The molecule has 0 saturated carbocycles. The second-order valence-electron chi connectivity index (χ2n) is 4.81. The minimum atomic E-state index is -0.956. The zero-order valence-electron chi connectivity index (χ0n) is 10.5. The van der Waals surface area contributed by atoms with Crippen LogP contribution in [-0.2, 0) is 12.0 Å². The number of halogens is 3. The van der Waals surface area contributed by atoms with Gasteiger partial charge in [-0.2, -0.15) is 0 Å². The molecular formula is C15H14ClF2N. The molecule has 0 heterocycles. The Kier molecular flexibility index (Phi) is 3.88. The van der Waals surface area contributed by atoms with Crippen molar-refractivity contribution in [2.75, 3.05) is 0 Å². The quantitative estimate of drug-likeness (QED) is 0.903. The molecule has 0 saturated heterocycles. The van der Waals surface area contributed by atoms with Gasteiger partial charge in [0, 0.05) is 16.1 Å². The van der Waals surface area contributed by atoms with Crippen molar-refractivity contribution in [1.29, 1.82) is 0 Å². The van der Waals surface area contributed by atoms with Crippen molar-refractivity contribution in [3.63, 3.8) is 0 Å². The maximum atomic E-state index is 13.8. The van der Waals surface area contributed by atoms with E-state index >= 15 is 0 Å². The van der Waals surface area contributed by atoms with Crippen molar-refractivity contribution < 1.29 is 8.78 Å². The Balaban J connectivity index is 2.36. The third kappa shape index (κ3) is 3.11. The average molecular weight is 282 g/mol. The van der Waals surface area contributed by atoms with E-state index in [0.717, 1.165) is 0 Å². The molecule has 100 valence electrons. The van der Waals surface area contributed by atoms with E-state index in [1.807, 2.05) is 0 Å². The normalized spacial score (nSPS) is 14.2. The molecule has 1 unspecified atom stereocenters. The molecule has 19 heavy (non-hydrogen) atoms. The second-order valence-corrected chi connectivity index (χ2v) is 5.22. The highest BCUT2D eigenvalue weighted by Crippen LogP contribution is 2.28. The van der Waals surface area contributed by atoms with Crippen LogP contribution < -0.4 is 5.73 Å². The smallest absolute Gasteiger partial charge is 0.128 e. The maximum Gasteiger partial charge on any atom is 0.128 e. The Bertz CT molecular complexity index is 596. The minimum Gasteiger partial charge on any atom is -0.321 e. The summed E-state index contributed by atoms with van der Waals surface area (Å²) in [5.74, 6) is -0.760. The Labute approximate surface area is 116 Å². The Morgan fingerprint density at radius 2 is 1.84 bits per heavy atom. The molecule has 0 fully saturated rings. The Morgan fingerprint density at radius 3 is 2.53 bits per heavy atom. The largest absolute Gasteiger partial charge is 0.321 e. The summed E-state index contributed by atoms with van der Waals surface area (Å²) in [5.41, 5.74) is 6.16. The standard InChI is InChI=1S/C15H14ClF2N/c1-15(19,12-4-2-3-5-14(12)18)9-10-8-11(17)6-7-13(10)16/h2-8H,9,19H2,1H3. The van der Waals surface area contributed by atoms with Crippen LogP contribution >= 0.6 is 11.6 Å². The molecule has 0 amide bonds. The van der Waals surface area contributed by atoms with Crippen LogP contribution in [0.2, 0.25) is 5.02 Å². The van der Waals surface area contributed by atoms with Crippen LogP contribution in [-0.4, -0.2) is 0 Å². The lowest BCUT2D eigenvalue weighted by Gasteiger charge is -2.26. The highest BCUT2D eigenvalue weighted by Gasteiger charge is 2.26. The molecule has 2 aromatic carbocycles. The van der Waals surface area contributed by atoms with Crippen LogP contribution in [0.3, 0.4) is 0 Å². The van der Waals surface area contributed by atoms with Gasteiger partial charge in [0.2, 0.25) is 0 Å². The van der Waals surface area contributed by atoms with Gasteiger partial charge in [0.1, 0.15) is 11.6 Å². The molecule has 1 nitrogen and oxygen atoms in total. The van der Waals surface area contributed by atoms with Gasteiger partial charge in [0.25, 0.3) is 0 Å². The van der Waals surface area contributed by atoms with Crippen molar-refractivity contribution in [3.8, 4) is 0 Å². The van der Waals surface area contributed by atoms with Gasteiger partial charge >= 0.3 is 0 Å². The van der Waals surface area contributed by atoms with Crippen LogP contribution in [0, 0.1) is 11.6 Å². The number of rotatable bonds is 3. The summed E-state index contributed by atoms with van der Waals surface area (Å²) in [7, 11) is 0. The second kappa shape index (κ2) is 5.27. The molecule has 0 spiro atoms. The molecule has 0 aliphatic carbocycles. The molecule has 0 radical (unpaired) electrons. The number of benzene rings is 2. The SMILES string of the molecule is CC(N)(Cc1cc(F)ccc1Cl)c1ccccc1F. The van der Waals surface area contributed by atoms with E-state index in [-0.39, 0.29) is 18.1 Å². The van der Waals surface area contributed by atoms with Crippen LogP contribution in [0.1, 0.15) is 18.1 Å². The molecule has 2 aromatic rings. The first-order valence-electron chi connectivity index (χ1n) is 5.88. The van der Waals surface area contributed by atoms with E-state index in [1.54, 1.807) is 25.1 Å². The average Bonchev–Trinajstić information content (AvgIpc) is 2.34. The van der Waals surface area contributed by atoms with Crippen LogP contribution in [0.5, 0.6) is 0 Å². The van der Waals surface area contributed by atoms with E-state index < -0.39 is 5.54 Å². The summed E-state index contributed by atoms with van der Waals surface area (Å²) in [5, 5.41) is 0.425. The first-order valence-corrected chi connectivity index (χ1v) is 6.26. The van der Waals surface area contributed by atoms with Crippen molar-refractivity contribution in [1.82, 2.24) is 0 Å². The zero-order valence-corrected chi connectivity index (χ0v) is 11.2. The molecule has 0 aromatic heterocycles. The summed E-state index contributed by atoms with van der Waals surface area (Å²) in [6.07, 6.45) is 0.254. The highest BCUT2D eigenvalue weighted by atomic mass is 35.5. The van der Waals surface area contributed by atoms with Crippen molar-refractivity contribution in [2.24, 2.45) is 5.73 Å². The van der Waals surface area contributed by atoms with Gasteiger partial charge in [0.15, 0.2) is 0 Å². The van der Waals surface area contributed by atoms with Crippen LogP contribution in [0.25, 0.3) is 0 Å². The third-order valence-electron chi connectivity index (χ3n) is 3.05. The van der Waals surface area contributed by atoms with E-state index in [2.05, 4.69) is 0 Å². The molecule has 4 heteroatoms. The van der Waals surface area contributed by atoms with Crippen molar-refractivity contribution >= 4 is 11.6 Å². The minimum absolute atomic E-state index is 0.254. The van der Waals surface area contributed by atoms with Gasteiger partial charge in [-0.3, -0.25) is 0 Å². The van der Waals surface area contributed by atoms with Crippen LogP contribution in [0.15, 0.2) is 42.5 Å². The topological polar surface area (TPSA) is 26.0 Å². The van der Waals surface area contributed by atoms with Crippen molar-refractivity contribution in [3.05, 3.63) is 70.2 Å². The molecule has 0 aliphatic rings. The van der Waals surface area contributed by atoms with E-state index in [1.165, 1.54) is 24.3 Å². The molecule has 0 aliphatic heterocycles. The number of nitrogens with two attached hydrogens (primary N) is 1. The molecule has 0 bridgehead atoms. The molecule has 1 atom stereocenters. The molecular weight excluding hydrogens is 268 g/mol. The van der Waals surface area contributed by atoms with Gasteiger partial charge in [-0.15, -0.1) is 0 Å². The fraction of sp³-hybridized carbons (Fsp3) is 0.200. The van der Waals surface area contributed by atoms with Crippen molar-refractivity contribution in [2.45, 2.75) is 18.9 Å². The first kappa shape index (κ1) is 14.0. The lowest BCUT2D eigenvalue weighted by atomic mass is 9.86. The summed E-state index contributed by atoms with van der Waals surface area (Å²) < 4.78 is 27.0. The third-order valence-corrected chi connectivity index (χ3v) is 3.42. The number of hydrogen-bond donors (Lipinski definition) is 1. The summed E-state index contributed by atoms with van der Waals surface area (Å²) in [6, 6.07) is 10.4. The lowest BCUT2D eigenvalue weighted by molar-refractivity contribution is 0.456. The van der Waals surface area contributed by atoms with Crippen LogP contribution in [0.4, 0.5) is 8.78 Å². The summed E-state index contributed by atoms with van der Waals surface area (Å²) in [6.45, 7) is 1.70. The molecule has 2 rings (SSSR count). The fourth-order valence-corrected chi connectivity index (χ4v) is 2.28. The monoisotopic (exact) mass is 281 g/mol.